The standard InChI is InChI=1S/C19H16BrN3O2/c1-11-2-7-17(16(20)8-11)23-19(25)15-9-14(15)18(24)22-13-5-3-12(10-21)4-6-13/h2-8,14-15H,9H2,1H3,(H,22,24)(H,23,25). The zero-order valence-electron chi connectivity index (χ0n) is 13.5. The van der Waals surface area contributed by atoms with E-state index in [1.54, 1.807) is 24.3 Å². The molecule has 0 radical (unpaired) electrons. The number of nitrogens with one attached hydrogen (secondary N) is 2. The fourth-order valence-corrected chi connectivity index (χ4v) is 3.18. The summed E-state index contributed by atoms with van der Waals surface area (Å²) in [6, 6.07) is 14.3. The number of benzene rings is 2. The lowest BCUT2D eigenvalue weighted by molar-refractivity contribution is -0.122. The van der Waals surface area contributed by atoms with Gasteiger partial charge in [0.15, 0.2) is 0 Å². The van der Waals surface area contributed by atoms with Gasteiger partial charge in [-0.05, 0) is 71.2 Å². The minimum Gasteiger partial charge on any atom is -0.326 e. The molecule has 6 heteroatoms. The van der Waals surface area contributed by atoms with Crippen LogP contribution in [0.5, 0.6) is 0 Å². The summed E-state index contributed by atoms with van der Waals surface area (Å²) >= 11 is 3.43. The van der Waals surface area contributed by atoms with Gasteiger partial charge in [0.25, 0.3) is 0 Å². The smallest absolute Gasteiger partial charge is 0.228 e. The zero-order chi connectivity index (χ0) is 18.0. The second-order valence-electron chi connectivity index (χ2n) is 6.10. The third-order valence-electron chi connectivity index (χ3n) is 4.13. The number of hydrogen-bond acceptors (Lipinski definition) is 3. The van der Waals surface area contributed by atoms with Crippen LogP contribution in [-0.4, -0.2) is 11.8 Å². The Hall–Kier alpha value is -2.65. The van der Waals surface area contributed by atoms with Gasteiger partial charge in [0, 0.05) is 10.2 Å². The van der Waals surface area contributed by atoms with Crippen LogP contribution in [0.1, 0.15) is 17.5 Å². The second kappa shape index (κ2) is 7.08. The molecule has 5 nitrogen and oxygen atoms in total. The van der Waals surface area contributed by atoms with Crippen molar-refractivity contribution in [3.8, 4) is 6.07 Å². The van der Waals surface area contributed by atoms with Gasteiger partial charge in [-0.25, -0.2) is 0 Å². The Bertz CT molecular complexity index is 871. The van der Waals surface area contributed by atoms with E-state index in [9.17, 15) is 9.59 Å². The average molecular weight is 398 g/mol. The van der Waals surface area contributed by atoms with E-state index in [1.807, 2.05) is 31.2 Å². The van der Waals surface area contributed by atoms with Gasteiger partial charge in [-0.2, -0.15) is 5.26 Å². The molecule has 0 bridgehead atoms. The van der Waals surface area contributed by atoms with Crippen molar-refractivity contribution in [2.75, 3.05) is 10.6 Å². The first-order valence-electron chi connectivity index (χ1n) is 7.86. The Morgan fingerprint density at radius 3 is 2.32 bits per heavy atom. The number of hydrogen-bond donors (Lipinski definition) is 2. The van der Waals surface area contributed by atoms with Gasteiger partial charge in [-0.15, -0.1) is 0 Å². The molecule has 126 valence electrons. The molecule has 0 aromatic heterocycles. The van der Waals surface area contributed by atoms with Gasteiger partial charge in [0.1, 0.15) is 0 Å². The molecule has 2 aromatic carbocycles. The topological polar surface area (TPSA) is 82.0 Å². The predicted octanol–water partition coefficient (Wildman–Crippen LogP) is 3.84. The first kappa shape index (κ1) is 17.2. The third-order valence-corrected chi connectivity index (χ3v) is 4.78. The number of amides is 2. The molecular weight excluding hydrogens is 382 g/mol. The van der Waals surface area contributed by atoms with Crippen LogP contribution in [0.2, 0.25) is 0 Å². The normalized spacial score (nSPS) is 18.1. The summed E-state index contributed by atoms with van der Waals surface area (Å²) in [7, 11) is 0. The quantitative estimate of drug-likeness (QED) is 0.821. The molecule has 2 aromatic rings. The Morgan fingerprint density at radius 1 is 1.08 bits per heavy atom. The van der Waals surface area contributed by atoms with Gasteiger partial charge in [0.05, 0.1) is 29.2 Å². The number of anilines is 2. The fourth-order valence-electron chi connectivity index (χ4n) is 2.58. The third kappa shape index (κ3) is 4.06. The summed E-state index contributed by atoms with van der Waals surface area (Å²) in [6.45, 7) is 1.97. The monoisotopic (exact) mass is 397 g/mol. The van der Waals surface area contributed by atoms with Crippen molar-refractivity contribution in [1.82, 2.24) is 0 Å². The average Bonchev–Trinajstić information content (AvgIpc) is 3.39. The highest BCUT2D eigenvalue weighted by atomic mass is 79.9. The van der Waals surface area contributed by atoms with Crippen LogP contribution < -0.4 is 10.6 Å². The van der Waals surface area contributed by atoms with Crippen LogP contribution in [0.4, 0.5) is 11.4 Å². The highest BCUT2D eigenvalue weighted by Crippen LogP contribution is 2.40. The number of halogens is 1. The maximum atomic E-state index is 12.3. The molecule has 1 aliphatic carbocycles. The molecule has 3 rings (SSSR count). The number of nitriles is 1. The van der Waals surface area contributed by atoms with Crippen molar-refractivity contribution < 1.29 is 9.59 Å². The molecule has 1 fully saturated rings. The van der Waals surface area contributed by atoms with Crippen LogP contribution in [0.3, 0.4) is 0 Å². The second-order valence-corrected chi connectivity index (χ2v) is 6.95. The van der Waals surface area contributed by atoms with Crippen molar-refractivity contribution >= 4 is 39.1 Å². The van der Waals surface area contributed by atoms with Crippen LogP contribution in [0.25, 0.3) is 0 Å². The summed E-state index contributed by atoms with van der Waals surface area (Å²) in [5.41, 5.74) is 2.95. The summed E-state index contributed by atoms with van der Waals surface area (Å²) in [6.07, 6.45) is 0.539. The molecule has 0 saturated heterocycles. The lowest BCUT2D eigenvalue weighted by atomic mass is 10.2. The number of aryl methyl sites for hydroxylation is 1. The van der Waals surface area contributed by atoms with E-state index in [-0.39, 0.29) is 23.7 Å². The van der Waals surface area contributed by atoms with Crippen molar-refractivity contribution in [3.63, 3.8) is 0 Å². The van der Waals surface area contributed by atoms with Crippen LogP contribution >= 0.6 is 15.9 Å². The molecule has 2 N–H and O–H groups in total. The summed E-state index contributed by atoms with van der Waals surface area (Å²) in [4.78, 5) is 24.6. The van der Waals surface area contributed by atoms with E-state index < -0.39 is 0 Å². The Balaban J connectivity index is 1.56. The maximum absolute atomic E-state index is 12.3. The molecule has 2 amide bonds. The largest absolute Gasteiger partial charge is 0.326 e. The van der Waals surface area contributed by atoms with Gasteiger partial charge in [-0.1, -0.05) is 6.07 Å². The van der Waals surface area contributed by atoms with E-state index in [0.717, 1.165) is 10.0 Å². The lowest BCUT2D eigenvalue weighted by Gasteiger charge is -2.08. The SMILES string of the molecule is Cc1ccc(NC(=O)C2CC2C(=O)Nc2ccc(C#N)cc2)c(Br)c1. The van der Waals surface area contributed by atoms with Gasteiger partial charge >= 0.3 is 0 Å². The number of carbonyl (C=O) groups excluding carboxylic acids is 2. The zero-order valence-corrected chi connectivity index (χ0v) is 15.1. The van der Waals surface area contributed by atoms with E-state index in [1.165, 1.54) is 0 Å². The van der Waals surface area contributed by atoms with Crippen molar-refractivity contribution in [1.29, 1.82) is 5.26 Å². The molecule has 2 unspecified atom stereocenters. The molecule has 1 saturated carbocycles. The molecule has 1 aliphatic rings. The minimum atomic E-state index is -0.320. The predicted molar refractivity (Wildman–Crippen MR) is 98.9 cm³/mol. The Kier molecular flexibility index (Phi) is 4.86. The molecule has 2 atom stereocenters. The van der Waals surface area contributed by atoms with Crippen LogP contribution in [0, 0.1) is 30.1 Å². The van der Waals surface area contributed by atoms with Gasteiger partial charge in [0.2, 0.25) is 11.8 Å². The van der Waals surface area contributed by atoms with E-state index in [2.05, 4.69) is 26.6 Å². The highest BCUT2D eigenvalue weighted by Gasteiger charge is 2.48. The summed E-state index contributed by atoms with van der Waals surface area (Å²) in [5, 5.41) is 14.4. The lowest BCUT2D eigenvalue weighted by Crippen LogP contribution is -2.20. The number of rotatable bonds is 4. The van der Waals surface area contributed by atoms with Crippen molar-refractivity contribution in [2.24, 2.45) is 11.8 Å². The van der Waals surface area contributed by atoms with Crippen molar-refractivity contribution in [2.45, 2.75) is 13.3 Å². The van der Waals surface area contributed by atoms with Crippen molar-refractivity contribution in [3.05, 3.63) is 58.1 Å². The fraction of sp³-hybridized carbons (Fsp3) is 0.211. The Morgan fingerprint density at radius 2 is 1.72 bits per heavy atom. The molecular formula is C19H16BrN3O2. The number of carbonyl (C=O) groups is 2. The highest BCUT2D eigenvalue weighted by molar-refractivity contribution is 9.10. The first-order valence-corrected chi connectivity index (χ1v) is 8.65. The van der Waals surface area contributed by atoms with Gasteiger partial charge in [-0.3, -0.25) is 9.59 Å². The van der Waals surface area contributed by atoms with E-state index >= 15 is 0 Å². The summed E-state index contributed by atoms with van der Waals surface area (Å²) in [5.74, 6) is -0.955. The molecule has 0 spiro atoms. The van der Waals surface area contributed by atoms with Gasteiger partial charge < -0.3 is 10.6 Å². The summed E-state index contributed by atoms with van der Waals surface area (Å²) < 4.78 is 0.820. The van der Waals surface area contributed by atoms with Crippen LogP contribution in [-0.2, 0) is 9.59 Å². The first-order chi connectivity index (χ1) is 12.0. The minimum absolute atomic E-state index is 0.149. The molecule has 0 heterocycles. The maximum Gasteiger partial charge on any atom is 0.228 e. The molecule has 0 aliphatic heterocycles. The van der Waals surface area contributed by atoms with E-state index in [0.29, 0.717) is 23.4 Å². The van der Waals surface area contributed by atoms with E-state index in [4.69, 9.17) is 5.26 Å². The molecule has 25 heavy (non-hydrogen) atoms. The van der Waals surface area contributed by atoms with Crippen LogP contribution in [0.15, 0.2) is 46.9 Å². The number of nitrogens with zero attached hydrogens (tertiary/aromatic N) is 1. The Labute approximate surface area is 154 Å².